The average Bonchev–Trinajstić information content (AvgIpc) is 2.14. The van der Waals surface area contributed by atoms with Crippen LogP contribution in [0, 0.1) is 11.3 Å². The fraction of sp³-hybridized carbons (Fsp3) is 0.300. The van der Waals surface area contributed by atoms with E-state index in [1.807, 2.05) is 25.1 Å². The molecule has 0 radical (unpaired) electrons. The Kier molecular flexibility index (Phi) is 3.94. The van der Waals surface area contributed by atoms with E-state index in [0.29, 0.717) is 6.54 Å². The molecule has 0 aromatic heterocycles. The first-order valence-electron chi connectivity index (χ1n) is 4.10. The lowest BCUT2D eigenvalue weighted by Crippen LogP contribution is -2.18. The van der Waals surface area contributed by atoms with Crippen molar-refractivity contribution < 1.29 is 0 Å². The van der Waals surface area contributed by atoms with E-state index in [9.17, 15) is 0 Å². The molecule has 1 aromatic carbocycles. The molecule has 0 saturated heterocycles. The molecule has 0 aliphatic heterocycles. The van der Waals surface area contributed by atoms with Gasteiger partial charge in [0.1, 0.15) is 0 Å². The number of nitrogens with zero attached hydrogens (tertiary/aromatic N) is 1. The molecule has 1 atom stereocenters. The van der Waals surface area contributed by atoms with Crippen LogP contribution in [0.5, 0.6) is 0 Å². The minimum Gasteiger partial charge on any atom is -0.298 e. The fourth-order valence-corrected chi connectivity index (χ4v) is 1.51. The van der Waals surface area contributed by atoms with Crippen molar-refractivity contribution in [2.75, 3.05) is 6.54 Å². The van der Waals surface area contributed by atoms with E-state index >= 15 is 0 Å². The summed E-state index contributed by atoms with van der Waals surface area (Å²) in [5.41, 5.74) is 1.18. The maximum absolute atomic E-state index is 8.39. The second-order valence-corrected chi connectivity index (χ2v) is 3.73. The zero-order valence-corrected chi connectivity index (χ0v) is 9.01. The molecule has 0 fully saturated rings. The highest BCUT2D eigenvalue weighted by atomic mass is 79.9. The molecule has 0 bridgehead atoms. The van der Waals surface area contributed by atoms with Crippen LogP contribution in [0.15, 0.2) is 28.7 Å². The van der Waals surface area contributed by atoms with Gasteiger partial charge in [-0.1, -0.05) is 28.1 Å². The predicted octanol–water partition coefficient (Wildman–Crippen LogP) is 2.62. The van der Waals surface area contributed by atoms with E-state index in [2.05, 4.69) is 33.4 Å². The molecule has 1 aromatic rings. The fourth-order valence-electron chi connectivity index (χ4n) is 1.09. The monoisotopic (exact) mass is 238 g/mol. The summed E-state index contributed by atoms with van der Waals surface area (Å²) in [6.45, 7) is 2.42. The van der Waals surface area contributed by atoms with Gasteiger partial charge in [0.15, 0.2) is 0 Å². The van der Waals surface area contributed by atoms with Gasteiger partial charge in [0.05, 0.1) is 12.6 Å². The zero-order valence-electron chi connectivity index (χ0n) is 7.42. The molecule has 0 unspecified atom stereocenters. The van der Waals surface area contributed by atoms with Gasteiger partial charge in [0, 0.05) is 10.5 Å². The van der Waals surface area contributed by atoms with Crippen molar-refractivity contribution >= 4 is 15.9 Å². The molecule has 13 heavy (non-hydrogen) atoms. The van der Waals surface area contributed by atoms with E-state index in [-0.39, 0.29) is 6.04 Å². The third-order valence-electron chi connectivity index (χ3n) is 1.84. The van der Waals surface area contributed by atoms with Crippen LogP contribution in [0.2, 0.25) is 0 Å². The Balaban J connectivity index is 2.66. The lowest BCUT2D eigenvalue weighted by molar-refractivity contribution is 0.621. The largest absolute Gasteiger partial charge is 0.298 e. The van der Waals surface area contributed by atoms with E-state index in [0.717, 1.165) is 4.47 Å². The smallest absolute Gasteiger partial charge is 0.0845 e. The van der Waals surface area contributed by atoms with Crippen LogP contribution in [0.25, 0.3) is 0 Å². The Hall–Kier alpha value is -0.850. The van der Waals surface area contributed by atoms with Crippen LogP contribution >= 0.6 is 15.9 Å². The SMILES string of the molecule is C[C@H](NCC#N)c1cccc(Br)c1. The number of hydrogen-bond acceptors (Lipinski definition) is 2. The summed E-state index contributed by atoms with van der Waals surface area (Å²) >= 11 is 3.41. The van der Waals surface area contributed by atoms with Gasteiger partial charge in [-0.05, 0) is 24.6 Å². The van der Waals surface area contributed by atoms with Crippen molar-refractivity contribution in [1.29, 1.82) is 5.26 Å². The molecule has 0 aliphatic carbocycles. The van der Waals surface area contributed by atoms with Crippen LogP contribution in [-0.2, 0) is 0 Å². The Bertz CT molecular complexity index is 317. The first-order chi connectivity index (χ1) is 6.24. The van der Waals surface area contributed by atoms with Crippen molar-refractivity contribution in [3.8, 4) is 6.07 Å². The van der Waals surface area contributed by atoms with Gasteiger partial charge in [0.2, 0.25) is 0 Å². The van der Waals surface area contributed by atoms with Crippen LogP contribution in [0.4, 0.5) is 0 Å². The first kappa shape index (κ1) is 10.2. The predicted molar refractivity (Wildman–Crippen MR) is 56.2 cm³/mol. The van der Waals surface area contributed by atoms with Crippen molar-refractivity contribution in [1.82, 2.24) is 5.32 Å². The summed E-state index contributed by atoms with van der Waals surface area (Å²) in [5.74, 6) is 0. The number of halogens is 1. The molecule has 3 heteroatoms. The number of hydrogen-bond donors (Lipinski definition) is 1. The van der Waals surface area contributed by atoms with Gasteiger partial charge < -0.3 is 0 Å². The molecule has 0 spiro atoms. The molecule has 0 saturated carbocycles. The molecular weight excluding hydrogens is 228 g/mol. The number of nitrogens with one attached hydrogen (secondary N) is 1. The lowest BCUT2D eigenvalue weighted by atomic mass is 10.1. The van der Waals surface area contributed by atoms with Crippen molar-refractivity contribution in [3.63, 3.8) is 0 Å². The summed E-state index contributed by atoms with van der Waals surface area (Å²) in [7, 11) is 0. The van der Waals surface area contributed by atoms with Crippen molar-refractivity contribution in [2.24, 2.45) is 0 Å². The summed E-state index contributed by atoms with van der Waals surface area (Å²) < 4.78 is 1.07. The highest BCUT2D eigenvalue weighted by Crippen LogP contribution is 2.17. The highest BCUT2D eigenvalue weighted by molar-refractivity contribution is 9.10. The van der Waals surface area contributed by atoms with Crippen molar-refractivity contribution in [3.05, 3.63) is 34.3 Å². The molecule has 0 aliphatic rings. The Morgan fingerprint density at radius 1 is 1.62 bits per heavy atom. The average molecular weight is 239 g/mol. The number of nitriles is 1. The standard InChI is InChI=1S/C10H11BrN2/c1-8(13-6-5-12)9-3-2-4-10(11)7-9/h2-4,7-8,13H,6H2,1H3/t8-/m0/s1. The Morgan fingerprint density at radius 3 is 3.00 bits per heavy atom. The number of rotatable bonds is 3. The van der Waals surface area contributed by atoms with E-state index in [1.54, 1.807) is 0 Å². The Morgan fingerprint density at radius 2 is 2.38 bits per heavy atom. The Labute approximate surface area is 86.7 Å². The highest BCUT2D eigenvalue weighted by Gasteiger charge is 2.03. The van der Waals surface area contributed by atoms with Gasteiger partial charge in [0.25, 0.3) is 0 Å². The molecule has 1 N–H and O–H groups in total. The van der Waals surface area contributed by atoms with Gasteiger partial charge in [-0.2, -0.15) is 5.26 Å². The quantitative estimate of drug-likeness (QED) is 0.823. The van der Waals surface area contributed by atoms with E-state index in [1.165, 1.54) is 5.56 Å². The maximum Gasteiger partial charge on any atom is 0.0845 e. The van der Waals surface area contributed by atoms with Gasteiger partial charge in [-0.3, -0.25) is 5.32 Å². The second-order valence-electron chi connectivity index (χ2n) is 2.82. The van der Waals surface area contributed by atoms with Gasteiger partial charge in [-0.25, -0.2) is 0 Å². The third-order valence-corrected chi connectivity index (χ3v) is 2.33. The van der Waals surface area contributed by atoms with Crippen LogP contribution in [0.3, 0.4) is 0 Å². The van der Waals surface area contributed by atoms with Crippen LogP contribution in [-0.4, -0.2) is 6.54 Å². The maximum atomic E-state index is 8.39. The summed E-state index contributed by atoms with van der Waals surface area (Å²) in [6, 6.07) is 10.3. The molecule has 2 nitrogen and oxygen atoms in total. The van der Waals surface area contributed by atoms with Crippen molar-refractivity contribution in [2.45, 2.75) is 13.0 Å². The minimum absolute atomic E-state index is 0.220. The molecule has 0 heterocycles. The van der Waals surface area contributed by atoms with E-state index < -0.39 is 0 Å². The summed E-state index contributed by atoms with van der Waals surface area (Å²) in [5, 5.41) is 11.5. The summed E-state index contributed by atoms with van der Waals surface area (Å²) in [4.78, 5) is 0. The first-order valence-corrected chi connectivity index (χ1v) is 4.89. The van der Waals surface area contributed by atoms with E-state index in [4.69, 9.17) is 5.26 Å². The van der Waals surface area contributed by atoms with Crippen LogP contribution < -0.4 is 5.32 Å². The molecule has 68 valence electrons. The lowest BCUT2D eigenvalue weighted by Gasteiger charge is -2.11. The minimum atomic E-state index is 0.220. The molecular formula is C10H11BrN2. The molecule has 1 rings (SSSR count). The third kappa shape index (κ3) is 3.17. The normalized spacial score (nSPS) is 12.1. The zero-order chi connectivity index (χ0) is 9.68. The van der Waals surface area contributed by atoms with Crippen LogP contribution in [0.1, 0.15) is 18.5 Å². The second kappa shape index (κ2) is 5.00. The molecule has 0 amide bonds. The number of benzene rings is 1. The topological polar surface area (TPSA) is 35.8 Å². The van der Waals surface area contributed by atoms with Gasteiger partial charge in [-0.15, -0.1) is 0 Å². The van der Waals surface area contributed by atoms with Gasteiger partial charge >= 0.3 is 0 Å². The summed E-state index contributed by atoms with van der Waals surface area (Å²) in [6.07, 6.45) is 0.